The largest absolute Gasteiger partial charge is 0.492 e. The van der Waals surface area contributed by atoms with Crippen molar-refractivity contribution in [1.29, 1.82) is 0 Å². The van der Waals surface area contributed by atoms with Crippen LogP contribution in [0.15, 0.2) is 70.4 Å². The highest BCUT2D eigenvalue weighted by Crippen LogP contribution is 2.33. The van der Waals surface area contributed by atoms with Crippen LogP contribution in [0.25, 0.3) is 4.91 Å². The maximum atomic E-state index is 12.7. The fourth-order valence-corrected chi connectivity index (χ4v) is 3.77. The van der Waals surface area contributed by atoms with Crippen molar-refractivity contribution < 1.29 is 13.5 Å². The van der Waals surface area contributed by atoms with Crippen molar-refractivity contribution in [3.05, 3.63) is 71.6 Å². The molecule has 0 aliphatic carbocycles. The lowest BCUT2D eigenvalue weighted by molar-refractivity contribution is 0.412. The Balaban J connectivity index is 2.33. The second kappa shape index (κ2) is 4.61. The van der Waals surface area contributed by atoms with Gasteiger partial charge in [0.2, 0.25) is 15.7 Å². The molecular weight excluding hydrogens is 274 g/mol. The molecule has 0 bridgehead atoms. The predicted molar refractivity (Wildman–Crippen MR) is 77.2 cm³/mol. The second-order valence-corrected chi connectivity index (χ2v) is 6.17. The molecule has 1 aliphatic rings. The molecule has 2 aromatic rings. The summed E-state index contributed by atoms with van der Waals surface area (Å²) >= 11 is 0. The average Bonchev–Trinajstić information content (AvgIpc) is 2.55. The molecule has 20 heavy (non-hydrogen) atoms. The Hall–Kier alpha value is -2.40. The lowest BCUT2D eigenvalue weighted by Crippen LogP contribution is -2.07. The molecule has 3 rings (SSSR count). The number of fused-ring (bicyclic) bond motifs is 1. The average molecular weight is 285 g/mol. The van der Waals surface area contributed by atoms with Gasteiger partial charge in [-0.15, -0.1) is 0 Å². The van der Waals surface area contributed by atoms with Crippen LogP contribution in [-0.4, -0.2) is 19.7 Å². The van der Waals surface area contributed by atoms with Crippen LogP contribution in [0.5, 0.6) is 0 Å². The van der Waals surface area contributed by atoms with Crippen LogP contribution in [-0.2, 0) is 9.84 Å². The van der Waals surface area contributed by atoms with E-state index in [4.69, 9.17) is 0 Å². The SMILES string of the molecule is O=S1(=O)C(c2ccccc2)=C(O)N=Cc2ccccc21. The minimum absolute atomic E-state index is 0.145. The van der Waals surface area contributed by atoms with Gasteiger partial charge in [-0.25, -0.2) is 13.4 Å². The van der Waals surface area contributed by atoms with Crippen molar-refractivity contribution in [2.24, 2.45) is 4.99 Å². The van der Waals surface area contributed by atoms with Crippen LogP contribution in [0, 0.1) is 0 Å². The first-order chi connectivity index (χ1) is 9.60. The molecule has 0 atom stereocenters. The highest BCUT2D eigenvalue weighted by molar-refractivity contribution is 8.00. The molecule has 0 saturated heterocycles. The lowest BCUT2D eigenvalue weighted by atomic mass is 10.2. The zero-order valence-electron chi connectivity index (χ0n) is 10.4. The molecule has 0 saturated carbocycles. The van der Waals surface area contributed by atoms with Gasteiger partial charge in [-0.2, -0.15) is 0 Å². The van der Waals surface area contributed by atoms with E-state index in [1.807, 2.05) is 0 Å². The van der Waals surface area contributed by atoms with E-state index in [9.17, 15) is 13.5 Å². The lowest BCUT2D eigenvalue weighted by Gasteiger charge is -2.09. The minimum atomic E-state index is -3.82. The maximum Gasteiger partial charge on any atom is 0.231 e. The predicted octanol–water partition coefficient (Wildman–Crippen LogP) is 2.78. The maximum absolute atomic E-state index is 12.7. The Morgan fingerprint density at radius 3 is 2.30 bits per heavy atom. The summed E-state index contributed by atoms with van der Waals surface area (Å²) < 4.78 is 25.5. The van der Waals surface area contributed by atoms with Gasteiger partial charge in [0.15, 0.2) is 0 Å². The third kappa shape index (κ3) is 1.92. The monoisotopic (exact) mass is 285 g/mol. The van der Waals surface area contributed by atoms with Gasteiger partial charge in [0.05, 0.1) is 4.90 Å². The van der Waals surface area contributed by atoms with E-state index >= 15 is 0 Å². The summed E-state index contributed by atoms with van der Waals surface area (Å²) in [7, 11) is -3.82. The summed E-state index contributed by atoms with van der Waals surface area (Å²) in [5, 5.41) is 10.0. The molecule has 4 nitrogen and oxygen atoms in total. The molecule has 5 heteroatoms. The third-order valence-corrected chi connectivity index (χ3v) is 4.95. The minimum Gasteiger partial charge on any atom is -0.492 e. The van der Waals surface area contributed by atoms with Crippen LogP contribution in [0.1, 0.15) is 11.1 Å². The number of hydrogen-bond donors (Lipinski definition) is 1. The molecule has 0 spiro atoms. The van der Waals surface area contributed by atoms with Crippen LogP contribution in [0.4, 0.5) is 0 Å². The Kier molecular flexibility index (Phi) is 2.91. The highest BCUT2D eigenvalue weighted by Gasteiger charge is 2.30. The first kappa shape index (κ1) is 12.6. The first-order valence-corrected chi connectivity index (χ1v) is 7.46. The number of aliphatic hydroxyl groups excluding tert-OH is 1. The fourth-order valence-electron chi connectivity index (χ4n) is 2.13. The van der Waals surface area contributed by atoms with Crippen molar-refractivity contribution in [3.8, 4) is 0 Å². The first-order valence-electron chi connectivity index (χ1n) is 5.97. The van der Waals surface area contributed by atoms with Gasteiger partial charge in [-0.05, 0) is 11.6 Å². The summed E-state index contributed by atoms with van der Waals surface area (Å²) in [6.07, 6.45) is 1.36. The van der Waals surface area contributed by atoms with Gasteiger partial charge in [-0.3, -0.25) is 0 Å². The molecule has 0 amide bonds. The number of aliphatic imine (C=N–C) groups is 1. The van der Waals surface area contributed by atoms with E-state index < -0.39 is 15.7 Å². The zero-order valence-corrected chi connectivity index (χ0v) is 11.2. The van der Waals surface area contributed by atoms with Gasteiger partial charge in [-0.1, -0.05) is 48.5 Å². The van der Waals surface area contributed by atoms with E-state index in [-0.39, 0.29) is 9.80 Å². The number of hydrogen-bond acceptors (Lipinski definition) is 4. The molecule has 1 N–H and O–H groups in total. The topological polar surface area (TPSA) is 66.7 Å². The smallest absolute Gasteiger partial charge is 0.231 e. The van der Waals surface area contributed by atoms with E-state index in [2.05, 4.69) is 4.99 Å². The summed E-state index contributed by atoms with van der Waals surface area (Å²) in [5.74, 6) is -0.493. The van der Waals surface area contributed by atoms with Gasteiger partial charge in [0, 0.05) is 11.8 Å². The number of rotatable bonds is 1. The van der Waals surface area contributed by atoms with E-state index in [0.29, 0.717) is 11.1 Å². The summed E-state index contributed by atoms with van der Waals surface area (Å²) in [6.45, 7) is 0. The van der Waals surface area contributed by atoms with E-state index in [1.165, 1.54) is 12.3 Å². The van der Waals surface area contributed by atoms with Crippen molar-refractivity contribution >= 4 is 21.0 Å². The molecule has 1 aliphatic heterocycles. The van der Waals surface area contributed by atoms with E-state index in [1.54, 1.807) is 48.5 Å². The van der Waals surface area contributed by atoms with Crippen molar-refractivity contribution in [1.82, 2.24) is 0 Å². The van der Waals surface area contributed by atoms with Gasteiger partial charge in [0.1, 0.15) is 4.91 Å². The zero-order chi connectivity index (χ0) is 14.2. The summed E-state index contributed by atoms with van der Waals surface area (Å²) in [4.78, 5) is 3.83. The Morgan fingerprint density at radius 1 is 0.900 bits per heavy atom. The molecule has 0 fully saturated rings. The molecule has 1 heterocycles. The number of sulfone groups is 1. The third-order valence-electron chi connectivity index (χ3n) is 3.04. The number of aliphatic hydroxyl groups is 1. The number of nitrogens with zero attached hydrogens (tertiary/aromatic N) is 1. The summed E-state index contributed by atoms with van der Waals surface area (Å²) in [5.41, 5.74) is 0.879. The van der Waals surface area contributed by atoms with Gasteiger partial charge in [0.25, 0.3) is 0 Å². The number of benzene rings is 2. The second-order valence-electron chi connectivity index (χ2n) is 4.32. The standard InChI is InChI=1S/C15H11NO3S/c17-15-14(11-6-2-1-3-7-11)20(18,19)13-9-5-4-8-12(13)10-16-15/h1-10,17H. The van der Waals surface area contributed by atoms with Crippen molar-refractivity contribution in [2.45, 2.75) is 4.90 Å². The van der Waals surface area contributed by atoms with Crippen molar-refractivity contribution in [2.75, 3.05) is 0 Å². The van der Waals surface area contributed by atoms with Crippen LogP contribution in [0.2, 0.25) is 0 Å². The molecule has 2 aromatic carbocycles. The van der Waals surface area contributed by atoms with Crippen LogP contribution in [0.3, 0.4) is 0 Å². The van der Waals surface area contributed by atoms with Crippen LogP contribution < -0.4 is 0 Å². The fraction of sp³-hybridized carbons (Fsp3) is 0. The van der Waals surface area contributed by atoms with Crippen LogP contribution >= 0.6 is 0 Å². The van der Waals surface area contributed by atoms with Gasteiger partial charge >= 0.3 is 0 Å². The Bertz CT molecular complexity index is 821. The summed E-state index contributed by atoms with van der Waals surface area (Å²) in [6, 6.07) is 15.0. The quantitative estimate of drug-likeness (QED) is 0.876. The van der Waals surface area contributed by atoms with E-state index in [0.717, 1.165) is 0 Å². The molecular formula is C15H11NO3S. The molecule has 100 valence electrons. The Labute approximate surface area is 116 Å². The Morgan fingerprint density at radius 2 is 1.55 bits per heavy atom. The normalized spacial score (nSPS) is 16.6. The highest BCUT2D eigenvalue weighted by atomic mass is 32.2. The molecule has 0 radical (unpaired) electrons. The molecule has 0 aromatic heterocycles. The molecule has 0 unspecified atom stereocenters. The van der Waals surface area contributed by atoms with Gasteiger partial charge < -0.3 is 5.11 Å². The van der Waals surface area contributed by atoms with Crippen molar-refractivity contribution in [3.63, 3.8) is 0 Å².